The lowest BCUT2D eigenvalue weighted by atomic mass is 10.3. The summed E-state index contributed by atoms with van der Waals surface area (Å²) in [6.07, 6.45) is 0. The van der Waals surface area contributed by atoms with E-state index in [-0.39, 0.29) is 18.1 Å². The van der Waals surface area contributed by atoms with Crippen LogP contribution < -0.4 is 10.5 Å². The van der Waals surface area contributed by atoms with Gasteiger partial charge in [-0.15, -0.1) is 12.4 Å². The Bertz CT molecular complexity index is 255. The summed E-state index contributed by atoms with van der Waals surface area (Å²) < 4.78 is 17.7. The SMILES string of the molecule is CCOc1ccc(N)c(F)c1.Cl. The van der Waals surface area contributed by atoms with Gasteiger partial charge in [0.25, 0.3) is 0 Å². The minimum Gasteiger partial charge on any atom is -0.494 e. The normalized spacial score (nSPS) is 8.83. The Morgan fingerprint density at radius 1 is 1.50 bits per heavy atom. The summed E-state index contributed by atoms with van der Waals surface area (Å²) in [7, 11) is 0. The third-order valence-corrected chi connectivity index (χ3v) is 1.28. The second-order valence-corrected chi connectivity index (χ2v) is 2.12. The van der Waals surface area contributed by atoms with Gasteiger partial charge in [-0.25, -0.2) is 4.39 Å². The van der Waals surface area contributed by atoms with Crippen LogP contribution in [0, 0.1) is 5.82 Å². The van der Waals surface area contributed by atoms with Gasteiger partial charge in [0.05, 0.1) is 12.3 Å². The molecule has 1 aromatic carbocycles. The Kier molecular flexibility index (Phi) is 4.44. The summed E-state index contributed by atoms with van der Waals surface area (Å²) in [5.41, 5.74) is 5.40. The Morgan fingerprint density at radius 3 is 2.67 bits per heavy atom. The maximum absolute atomic E-state index is 12.7. The van der Waals surface area contributed by atoms with Crippen molar-refractivity contribution in [3.63, 3.8) is 0 Å². The average molecular weight is 192 g/mol. The quantitative estimate of drug-likeness (QED) is 0.728. The summed E-state index contributed by atoms with van der Waals surface area (Å²) in [5.74, 6) is 0.0788. The minimum atomic E-state index is -0.434. The fourth-order valence-corrected chi connectivity index (χ4v) is 0.764. The molecule has 0 radical (unpaired) electrons. The molecule has 4 heteroatoms. The number of halogens is 2. The maximum Gasteiger partial charge on any atom is 0.149 e. The van der Waals surface area contributed by atoms with E-state index >= 15 is 0 Å². The predicted octanol–water partition coefficient (Wildman–Crippen LogP) is 2.23. The van der Waals surface area contributed by atoms with Crippen LogP contribution in [-0.2, 0) is 0 Å². The molecule has 0 aliphatic rings. The fraction of sp³-hybridized carbons (Fsp3) is 0.250. The van der Waals surface area contributed by atoms with E-state index in [1.807, 2.05) is 6.92 Å². The standard InChI is InChI=1S/C8H10FNO.ClH/c1-2-11-6-3-4-8(10)7(9)5-6;/h3-5H,2,10H2,1H3;1H. The van der Waals surface area contributed by atoms with Crippen LogP contribution in [0.3, 0.4) is 0 Å². The fourth-order valence-electron chi connectivity index (χ4n) is 0.764. The van der Waals surface area contributed by atoms with E-state index in [1.54, 1.807) is 6.07 Å². The van der Waals surface area contributed by atoms with Crippen molar-refractivity contribution in [1.29, 1.82) is 0 Å². The zero-order chi connectivity index (χ0) is 8.27. The van der Waals surface area contributed by atoms with Crippen LogP contribution in [0.15, 0.2) is 18.2 Å². The van der Waals surface area contributed by atoms with Crippen LogP contribution in [0.4, 0.5) is 10.1 Å². The lowest BCUT2D eigenvalue weighted by Gasteiger charge is -2.02. The van der Waals surface area contributed by atoms with Gasteiger partial charge in [0.1, 0.15) is 11.6 Å². The van der Waals surface area contributed by atoms with Crippen LogP contribution in [0.1, 0.15) is 6.92 Å². The molecule has 68 valence electrons. The Morgan fingerprint density at radius 2 is 2.17 bits per heavy atom. The van der Waals surface area contributed by atoms with E-state index < -0.39 is 5.82 Å². The van der Waals surface area contributed by atoms with E-state index in [4.69, 9.17) is 10.5 Å². The van der Waals surface area contributed by atoms with E-state index in [0.717, 1.165) is 0 Å². The number of nitrogen functional groups attached to an aromatic ring is 1. The zero-order valence-electron chi connectivity index (χ0n) is 6.71. The first-order chi connectivity index (χ1) is 5.24. The first-order valence-corrected chi connectivity index (χ1v) is 3.42. The van der Waals surface area contributed by atoms with Gasteiger partial charge in [-0.2, -0.15) is 0 Å². The van der Waals surface area contributed by atoms with Gasteiger partial charge in [0, 0.05) is 6.07 Å². The zero-order valence-corrected chi connectivity index (χ0v) is 7.53. The van der Waals surface area contributed by atoms with E-state index in [2.05, 4.69) is 0 Å². The van der Waals surface area contributed by atoms with Gasteiger partial charge in [-0.3, -0.25) is 0 Å². The van der Waals surface area contributed by atoms with Gasteiger partial charge in [-0.05, 0) is 19.1 Å². The lowest BCUT2D eigenvalue weighted by molar-refractivity contribution is 0.338. The molecule has 1 rings (SSSR count). The maximum atomic E-state index is 12.7. The van der Waals surface area contributed by atoms with Crippen LogP contribution >= 0.6 is 12.4 Å². The van der Waals surface area contributed by atoms with Crippen LogP contribution in [0.25, 0.3) is 0 Å². The minimum absolute atomic E-state index is 0. The summed E-state index contributed by atoms with van der Waals surface area (Å²) >= 11 is 0. The number of ether oxygens (including phenoxy) is 1. The highest BCUT2D eigenvalue weighted by molar-refractivity contribution is 5.85. The molecule has 0 saturated heterocycles. The molecule has 0 saturated carbocycles. The molecule has 0 heterocycles. The van der Waals surface area contributed by atoms with Gasteiger partial charge < -0.3 is 10.5 Å². The molecule has 0 spiro atoms. The van der Waals surface area contributed by atoms with Crippen LogP contribution in [-0.4, -0.2) is 6.61 Å². The van der Waals surface area contributed by atoms with E-state index in [1.165, 1.54) is 12.1 Å². The van der Waals surface area contributed by atoms with Gasteiger partial charge in [-0.1, -0.05) is 0 Å². The van der Waals surface area contributed by atoms with Gasteiger partial charge in [0.2, 0.25) is 0 Å². The average Bonchev–Trinajstić information content (AvgIpc) is 1.98. The molecule has 2 nitrogen and oxygen atoms in total. The smallest absolute Gasteiger partial charge is 0.149 e. The Labute approximate surface area is 76.9 Å². The topological polar surface area (TPSA) is 35.2 Å². The second-order valence-electron chi connectivity index (χ2n) is 2.12. The summed E-state index contributed by atoms with van der Waals surface area (Å²) in [6, 6.07) is 4.40. The Hall–Kier alpha value is -0.960. The molecule has 0 aliphatic heterocycles. The number of hydrogen-bond donors (Lipinski definition) is 1. The number of rotatable bonds is 2. The summed E-state index contributed by atoms with van der Waals surface area (Å²) in [4.78, 5) is 0. The molecule has 12 heavy (non-hydrogen) atoms. The highest BCUT2D eigenvalue weighted by Gasteiger charge is 1.98. The third-order valence-electron chi connectivity index (χ3n) is 1.28. The van der Waals surface area contributed by atoms with Crippen molar-refractivity contribution in [2.45, 2.75) is 6.92 Å². The van der Waals surface area contributed by atoms with Crippen molar-refractivity contribution in [2.24, 2.45) is 0 Å². The van der Waals surface area contributed by atoms with E-state index in [0.29, 0.717) is 12.4 Å². The molecule has 1 aromatic rings. The highest BCUT2D eigenvalue weighted by atomic mass is 35.5. The molecule has 0 aromatic heterocycles. The van der Waals surface area contributed by atoms with Crippen molar-refractivity contribution in [3.05, 3.63) is 24.0 Å². The van der Waals surface area contributed by atoms with Gasteiger partial charge >= 0.3 is 0 Å². The molecule has 0 bridgehead atoms. The highest BCUT2D eigenvalue weighted by Crippen LogP contribution is 2.17. The first-order valence-electron chi connectivity index (χ1n) is 3.42. The van der Waals surface area contributed by atoms with Crippen molar-refractivity contribution in [1.82, 2.24) is 0 Å². The van der Waals surface area contributed by atoms with Crippen molar-refractivity contribution < 1.29 is 9.13 Å². The third kappa shape index (κ3) is 2.58. The van der Waals surface area contributed by atoms with Crippen molar-refractivity contribution >= 4 is 18.1 Å². The summed E-state index contributed by atoms with van der Waals surface area (Å²) in [6.45, 7) is 2.37. The molecule has 0 atom stereocenters. The molecule has 2 N–H and O–H groups in total. The molecule has 0 amide bonds. The van der Waals surface area contributed by atoms with E-state index in [9.17, 15) is 4.39 Å². The lowest BCUT2D eigenvalue weighted by Crippen LogP contribution is -1.94. The van der Waals surface area contributed by atoms with Crippen LogP contribution in [0.2, 0.25) is 0 Å². The monoisotopic (exact) mass is 191 g/mol. The number of benzene rings is 1. The molecular formula is C8H11ClFNO. The summed E-state index contributed by atoms with van der Waals surface area (Å²) in [5, 5.41) is 0. The molecule has 0 aliphatic carbocycles. The van der Waals surface area contributed by atoms with Crippen LogP contribution in [0.5, 0.6) is 5.75 Å². The second kappa shape index (κ2) is 4.83. The Balaban J connectivity index is 0.00000121. The van der Waals surface area contributed by atoms with Crippen molar-refractivity contribution in [3.8, 4) is 5.75 Å². The first kappa shape index (κ1) is 11.0. The number of nitrogens with two attached hydrogens (primary N) is 1. The molecule has 0 unspecified atom stereocenters. The van der Waals surface area contributed by atoms with Crippen molar-refractivity contribution in [2.75, 3.05) is 12.3 Å². The largest absolute Gasteiger partial charge is 0.494 e. The van der Waals surface area contributed by atoms with Gasteiger partial charge in [0.15, 0.2) is 0 Å². The number of hydrogen-bond acceptors (Lipinski definition) is 2. The number of anilines is 1. The molecular weight excluding hydrogens is 181 g/mol. The molecule has 0 fully saturated rings. The predicted molar refractivity (Wildman–Crippen MR) is 49.2 cm³/mol.